The van der Waals surface area contributed by atoms with Crippen molar-refractivity contribution in [1.29, 1.82) is 0 Å². The zero-order valence-electron chi connectivity index (χ0n) is 10.9. The summed E-state index contributed by atoms with van der Waals surface area (Å²) in [6.45, 7) is -1.94. The molecule has 0 saturated carbocycles. The number of hydrogen-bond acceptors (Lipinski definition) is 5. The van der Waals surface area contributed by atoms with Crippen molar-refractivity contribution < 1.29 is 27.4 Å². The van der Waals surface area contributed by atoms with Crippen molar-refractivity contribution in [2.75, 3.05) is 19.5 Å². The van der Waals surface area contributed by atoms with Crippen LogP contribution < -0.4 is 14.9 Å². The summed E-state index contributed by atoms with van der Waals surface area (Å²) < 4.78 is 47.2. The molecule has 2 rings (SSSR count). The molecule has 0 aromatic heterocycles. The average molecular weight is 320 g/mol. The van der Waals surface area contributed by atoms with E-state index in [0.717, 1.165) is 11.8 Å². The Morgan fingerprint density at radius 3 is 2.76 bits per heavy atom. The van der Waals surface area contributed by atoms with E-state index in [4.69, 9.17) is 4.74 Å². The molecule has 0 saturated heterocycles. The highest BCUT2D eigenvalue weighted by Crippen LogP contribution is 2.33. The Bertz CT molecular complexity index is 581. The van der Waals surface area contributed by atoms with Crippen LogP contribution in [0.4, 0.5) is 18.0 Å². The van der Waals surface area contributed by atoms with E-state index in [0.29, 0.717) is 17.0 Å². The third-order valence-corrected chi connectivity index (χ3v) is 3.31. The first-order chi connectivity index (χ1) is 9.95. The maximum absolute atomic E-state index is 12.9. The van der Waals surface area contributed by atoms with Crippen molar-refractivity contribution in [3.05, 3.63) is 23.8 Å². The standard InChI is InChI=1S/C12H11F3N2O3S/c1-19-10-4-7(8-5-21-11(18)17-16-8)2-3-9(10)20-12(14,15)6-13/h2-4H,5-6H2,1H3,(H,17,18). The van der Waals surface area contributed by atoms with Crippen molar-refractivity contribution >= 4 is 22.7 Å². The topological polar surface area (TPSA) is 59.9 Å². The predicted octanol–water partition coefficient (Wildman–Crippen LogP) is 2.80. The summed E-state index contributed by atoms with van der Waals surface area (Å²) >= 11 is 1.03. The minimum Gasteiger partial charge on any atom is -0.493 e. The molecule has 0 spiro atoms. The van der Waals surface area contributed by atoms with Gasteiger partial charge in [0.2, 0.25) is 0 Å². The summed E-state index contributed by atoms with van der Waals surface area (Å²) in [6.07, 6.45) is -3.92. The number of ether oxygens (including phenoxy) is 2. The number of carbonyl (C=O) groups excluding carboxylic acids is 1. The highest BCUT2D eigenvalue weighted by atomic mass is 32.2. The predicted molar refractivity (Wildman–Crippen MR) is 72.1 cm³/mol. The molecule has 114 valence electrons. The first-order valence-corrected chi connectivity index (χ1v) is 6.74. The van der Waals surface area contributed by atoms with Crippen molar-refractivity contribution in [2.45, 2.75) is 6.11 Å². The van der Waals surface area contributed by atoms with Gasteiger partial charge in [-0.15, -0.1) is 0 Å². The van der Waals surface area contributed by atoms with Crippen LogP contribution in [0.3, 0.4) is 0 Å². The summed E-state index contributed by atoms with van der Waals surface area (Å²) in [5, 5.41) is 3.60. The number of hydrogen-bond donors (Lipinski definition) is 1. The van der Waals surface area contributed by atoms with Crippen LogP contribution in [0.15, 0.2) is 23.3 Å². The van der Waals surface area contributed by atoms with Crippen LogP contribution in [0.5, 0.6) is 11.5 Å². The Kier molecular flexibility index (Phi) is 4.61. The fraction of sp³-hybridized carbons (Fsp3) is 0.333. The average Bonchev–Trinajstić information content (AvgIpc) is 2.48. The summed E-state index contributed by atoms with van der Waals surface area (Å²) in [7, 11) is 1.28. The van der Waals surface area contributed by atoms with E-state index in [9.17, 15) is 18.0 Å². The molecule has 1 amide bonds. The van der Waals surface area contributed by atoms with E-state index in [1.165, 1.54) is 25.3 Å². The Balaban J connectivity index is 2.26. The Hall–Kier alpha value is -1.90. The monoisotopic (exact) mass is 320 g/mol. The van der Waals surface area contributed by atoms with Gasteiger partial charge in [0.25, 0.3) is 5.24 Å². The number of methoxy groups -OCH3 is 1. The van der Waals surface area contributed by atoms with Gasteiger partial charge in [-0.2, -0.15) is 13.9 Å². The summed E-state index contributed by atoms with van der Waals surface area (Å²) in [5.41, 5.74) is 3.44. The molecule has 5 nitrogen and oxygen atoms in total. The highest BCUT2D eigenvalue weighted by Gasteiger charge is 2.33. The van der Waals surface area contributed by atoms with E-state index in [-0.39, 0.29) is 16.7 Å². The van der Waals surface area contributed by atoms with Crippen molar-refractivity contribution in [3.63, 3.8) is 0 Å². The number of nitrogens with one attached hydrogen (secondary N) is 1. The minimum atomic E-state index is -3.92. The van der Waals surface area contributed by atoms with E-state index >= 15 is 0 Å². The van der Waals surface area contributed by atoms with Crippen molar-refractivity contribution in [2.24, 2.45) is 5.10 Å². The van der Waals surface area contributed by atoms with Gasteiger partial charge in [0.15, 0.2) is 18.2 Å². The van der Waals surface area contributed by atoms with Gasteiger partial charge >= 0.3 is 6.11 Å². The largest absolute Gasteiger partial charge is 0.493 e. The molecule has 9 heteroatoms. The molecular weight excluding hydrogens is 309 g/mol. The number of alkyl halides is 3. The first-order valence-electron chi connectivity index (χ1n) is 5.76. The lowest BCUT2D eigenvalue weighted by Crippen LogP contribution is -2.27. The van der Waals surface area contributed by atoms with Gasteiger partial charge in [0.1, 0.15) is 0 Å². The van der Waals surface area contributed by atoms with Crippen LogP contribution in [-0.2, 0) is 0 Å². The number of amides is 1. The molecule has 1 heterocycles. The molecule has 0 fully saturated rings. The van der Waals surface area contributed by atoms with Gasteiger partial charge in [-0.1, -0.05) is 11.8 Å². The molecule has 0 unspecified atom stereocenters. The molecule has 1 aliphatic heterocycles. The quantitative estimate of drug-likeness (QED) is 0.906. The summed E-state index contributed by atoms with van der Waals surface area (Å²) in [5.74, 6) is 0.0813. The third-order valence-electron chi connectivity index (χ3n) is 2.53. The number of benzene rings is 1. The molecule has 1 N–H and O–H groups in total. The maximum Gasteiger partial charge on any atom is 0.427 e. The molecule has 1 aliphatic rings. The zero-order chi connectivity index (χ0) is 15.5. The van der Waals surface area contributed by atoms with Crippen LogP contribution in [0.1, 0.15) is 5.56 Å². The Morgan fingerprint density at radius 2 is 2.19 bits per heavy atom. The fourth-order valence-corrected chi connectivity index (χ4v) is 2.19. The fourth-order valence-electron chi connectivity index (χ4n) is 1.58. The van der Waals surface area contributed by atoms with Gasteiger partial charge < -0.3 is 9.47 Å². The van der Waals surface area contributed by atoms with Crippen LogP contribution in [-0.4, -0.2) is 36.6 Å². The van der Waals surface area contributed by atoms with Gasteiger partial charge in [-0.3, -0.25) is 4.79 Å². The number of carbonyl (C=O) groups is 1. The molecule has 1 aromatic carbocycles. The lowest BCUT2D eigenvalue weighted by molar-refractivity contribution is -0.187. The second-order valence-electron chi connectivity index (χ2n) is 3.99. The number of halogens is 3. The summed E-state index contributed by atoms with van der Waals surface area (Å²) in [6, 6.07) is 4.14. The van der Waals surface area contributed by atoms with Crippen LogP contribution in [0, 0.1) is 0 Å². The lowest BCUT2D eigenvalue weighted by Gasteiger charge is -2.18. The molecule has 1 aromatic rings. The van der Waals surface area contributed by atoms with Gasteiger partial charge in [-0.05, 0) is 18.2 Å². The molecule has 0 atom stereocenters. The van der Waals surface area contributed by atoms with Crippen LogP contribution >= 0.6 is 11.8 Å². The Labute approximate surface area is 122 Å². The molecule has 21 heavy (non-hydrogen) atoms. The zero-order valence-corrected chi connectivity index (χ0v) is 11.7. The second-order valence-corrected chi connectivity index (χ2v) is 4.93. The normalized spacial score (nSPS) is 15.2. The smallest absolute Gasteiger partial charge is 0.427 e. The van der Waals surface area contributed by atoms with E-state index in [2.05, 4.69) is 15.3 Å². The second kappa shape index (κ2) is 6.25. The van der Waals surface area contributed by atoms with E-state index < -0.39 is 12.8 Å². The van der Waals surface area contributed by atoms with Crippen LogP contribution in [0.25, 0.3) is 0 Å². The molecule has 0 bridgehead atoms. The van der Waals surface area contributed by atoms with Gasteiger partial charge in [0.05, 0.1) is 12.8 Å². The van der Waals surface area contributed by atoms with Gasteiger partial charge in [0, 0.05) is 11.3 Å². The third kappa shape index (κ3) is 3.81. The first kappa shape index (κ1) is 15.5. The van der Waals surface area contributed by atoms with Gasteiger partial charge in [-0.25, -0.2) is 9.82 Å². The number of nitrogens with zero attached hydrogens (tertiary/aromatic N) is 1. The lowest BCUT2D eigenvalue weighted by atomic mass is 10.1. The number of rotatable bonds is 5. The maximum atomic E-state index is 12.9. The van der Waals surface area contributed by atoms with E-state index in [1.54, 1.807) is 0 Å². The summed E-state index contributed by atoms with van der Waals surface area (Å²) in [4.78, 5) is 11.0. The minimum absolute atomic E-state index is 0.0187. The van der Waals surface area contributed by atoms with Crippen molar-refractivity contribution in [3.8, 4) is 11.5 Å². The van der Waals surface area contributed by atoms with Crippen molar-refractivity contribution in [1.82, 2.24) is 5.43 Å². The SMILES string of the molecule is COc1cc(C2=NNC(=O)SC2)ccc1OC(F)(F)CF. The van der Waals surface area contributed by atoms with E-state index in [1.807, 2.05) is 0 Å². The van der Waals surface area contributed by atoms with Crippen LogP contribution in [0.2, 0.25) is 0 Å². The molecule has 0 aliphatic carbocycles. The number of hydrazone groups is 1. The molecular formula is C12H11F3N2O3S. The Morgan fingerprint density at radius 1 is 1.43 bits per heavy atom. The molecule has 0 radical (unpaired) electrons. The number of thioether (sulfide) groups is 1. The highest BCUT2D eigenvalue weighted by molar-refractivity contribution is 8.14.